The summed E-state index contributed by atoms with van der Waals surface area (Å²) >= 11 is 0. The van der Waals surface area contributed by atoms with Crippen molar-refractivity contribution in [3.05, 3.63) is 0 Å². The highest BCUT2D eigenvalue weighted by Crippen LogP contribution is 2.02. The van der Waals surface area contributed by atoms with Crippen LogP contribution in [0.25, 0.3) is 0 Å². The molecule has 0 amide bonds. The first-order valence-electron chi connectivity index (χ1n) is 7.09. The molecule has 0 aromatic heterocycles. The number of ether oxygens (including phenoxy) is 2. The van der Waals surface area contributed by atoms with E-state index >= 15 is 0 Å². The van der Waals surface area contributed by atoms with Crippen LogP contribution < -0.4 is 0 Å². The SMILES string of the molecule is CCCCCC(=O)OCC(O)COC(=O)CCCC. The van der Waals surface area contributed by atoms with Gasteiger partial charge in [-0.05, 0) is 12.8 Å². The molecule has 0 spiro atoms. The van der Waals surface area contributed by atoms with Crippen LogP contribution in [0, 0.1) is 0 Å². The van der Waals surface area contributed by atoms with Crippen LogP contribution in [-0.2, 0) is 19.1 Å². The topological polar surface area (TPSA) is 72.8 Å². The van der Waals surface area contributed by atoms with Gasteiger partial charge in [-0.2, -0.15) is 0 Å². The van der Waals surface area contributed by atoms with Crippen LogP contribution in [0.4, 0.5) is 0 Å². The molecular formula is C14H26O5. The van der Waals surface area contributed by atoms with Crippen molar-refractivity contribution in [3.63, 3.8) is 0 Å². The van der Waals surface area contributed by atoms with Gasteiger partial charge in [0.05, 0.1) is 0 Å². The summed E-state index contributed by atoms with van der Waals surface area (Å²) in [4.78, 5) is 22.4. The Hall–Kier alpha value is -1.10. The summed E-state index contributed by atoms with van der Waals surface area (Å²) in [6.45, 7) is 3.80. The lowest BCUT2D eigenvalue weighted by Gasteiger charge is -2.11. The second-order valence-corrected chi connectivity index (χ2v) is 4.58. The first-order chi connectivity index (χ1) is 9.10. The molecule has 0 saturated heterocycles. The first-order valence-corrected chi connectivity index (χ1v) is 7.09. The smallest absolute Gasteiger partial charge is 0.305 e. The van der Waals surface area contributed by atoms with Gasteiger partial charge in [-0.15, -0.1) is 0 Å². The standard InChI is InChI=1S/C14H26O5/c1-3-5-7-9-14(17)19-11-12(15)10-18-13(16)8-6-4-2/h12,15H,3-11H2,1-2H3. The molecule has 0 aliphatic heterocycles. The van der Waals surface area contributed by atoms with E-state index in [0.29, 0.717) is 12.8 Å². The predicted molar refractivity (Wildman–Crippen MR) is 71.6 cm³/mol. The van der Waals surface area contributed by atoms with Gasteiger partial charge in [-0.25, -0.2) is 0 Å². The quantitative estimate of drug-likeness (QED) is 0.462. The van der Waals surface area contributed by atoms with Gasteiger partial charge in [-0.1, -0.05) is 33.1 Å². The van der Waals surface area contributed by atoms with E-state index in [1.54, 1.807) is 0 Å². The largest absolute Gasteiger partial charge is 0.463 e. The molecule has 0 radical (unpaired) electrons. The maximum atomic E-state index is 11.3. The maximum Gasteiger partial charge on any atom is 0.305 e. The molecule has 0 fully saturated rings. The Bertz CT molecular complexity index is 252. The van der Waals surface area contributed by atoms with Gasteiger partial charge in [0, 0.05) is 12.8 Å². The molecule has 1 unspecified atom stereocenters. The van der Waals surface area contributed by atoms with Gasteiger partial charge >= 0.3 is 11.9 Å². The van der Waals surface area contributed by atoms with Crippen LogP contribution in [0.1, 0.15) is 58.8 Å². The van der Waals surface area contributed by atoms with Crippen LogP contribution in [0.3, 0.4) is 0 Å². The zero-order valence-corrected chi connectivity index (χ0v) is 12.0. The molecule has 0 aliphatic carbocycles. The second-order valence-electron chi connectivity index (χ2n) is 4.58. The summed E-state index contributed by atoms with van der Waals surface area (Å²) in [5.41, 5.74) is 0. The van der Waals surface area contributed by atoms with Crippen LogP contribution in [0.2, 0.25) is 0 Å². The zero-order chi connectivity index (χ0) is 14.5. The van der Waals surface area contributed by atoms with Crippen molar-refractivity contribution in [3.8, 4) is 0 Å². The van der Waals surface area contributed by atoms with Crippen molar-refractivity contribution >= 4 is 11.9 Å². The van der Waals surface area contributed by atoms with E-state index in [1.807, 2.05) is 6.92 Å². The number of esters is 2. The van der Waals surface area contributed by atoms with Gasteiger partial charge in [0.2, 0.25) is 0 Å². The summed E-state index contributed by atoms with van der Waals surface area (Å²) < 4.78 is 9.74. The number of aliphatic hydroxyl groups excluding tert-OH is 1. The number of aliphatic hydroxyl groups is 1. The minimum absolute atomic E-state index is 0.119. The number of hydrogen-bond donors (Lipinski definition) is 1. The lowest BCUT2D eigenvalue weighted by Crippen LogP contribution is -2.25. The average Bonchev–Trinajstić information content (AvgIpc) is 2.40. The third kappa shape index (κ3) is 11.7. The third-order valence-electron chi connectivity index (χ3n) is 2.59. The van der Waals surface area contributed by atoms with Crippen molar-refractivity contribution in [2.75, 3.05) is 13.2 Å². The Kier molecular flexibility index (Phi) is 11.3. The molecule has 1 atom stereocenters. The third-order valence-corrected chi connectivity index (χ3v) is 2.59. The molecule has 0 saturated carbocycles. The fourth-order valence-electron chi connectivity index (χ4n) is 1.41. The van der Waals surface area contributed by atoms with Gasteiger partial charge in [0.25, 0.3) is 0 Å². The molecule has 0 aromatic rings. The van der Waals surface area contributed by atoms with Gasteiger partial charge in [-0.3, -0.25) is 9.59 Å². The van der Waals surface area contributed by atoms with Crippen molar-refractivity contribution in [2.45, 2.75) is 64.9 Å². The summed E-state index contributed by atoms with van der Waals surface area (Å²) in [6, 6.07) is 0. The minimum atomic E-state index is -0.944. The van der Waals surface area contributed by atoms with E-state index in [2.05, 4.69) is 6.92 Å². The summed E-state index contributed by atoms with van der Waals surface area (Å²) in [5.74, 6) is -0.639. The van der Waals surface area contributed by atoms with Crippen molar-refractivity contribution in [2.24, 2.45) is 0 Å². The van der Waals surface area contributed by atoms with Crippen LogP contribution in [0.15, 0.2) is 0 Å². The summed E-state index contributed by atoms with van der Waals surface area (Å²) in [6.07, 6.45) is 4.33. The summed E-state index contributed by atoms with van der Waals surface area (Å²) in [7, 11) is 0. The first kappa shape index (κ1) is 17.9. The number of hydrogen-bond acceptors (Lipinski definition) is 5. The zero-order valence-electron chi connectivity index (χ0n) is 12.0. The highest BCUT2D eigenvalue weighted by Gasteiger charge is 2.11. The molecule has 5 nitrogen and oxygen atoms in total. The lowest BCUT2D eigenvalue weighted by atomic mass is 10.2. The van der Waals surface area contributed by atoms with Crippen molar-refractivity contribution in [1.82, 2.24) is 0 Å². The molecule has 0 bridgehead atoms. The fourth-order valence-corrected chi connectivity index (χ4v) is 1.41. The normalized spacial score (nSPS) is 11.9. The van der Waals surface area contributed by atoms with Crippen molar-refractivity contribution in [1.29, 1.82) is 0 Å². The summed E-state index contributed by atoms with van der Waals surface area (Å²) in [5, 5.41) is 9.49. The molecular weight excluding hydrogens is 248 g/mol. The second kappa shape index (κ2) is 12.0. The minimum Gasteiger partial charge on any atom is -0.463 e. The number of carbonyl (C=O) groups is 2. The molecule has 0 rings (SSSR count). The lowest BCUT2D eigenvalue weighted by molar-refractivity contribution is -0.152. The van der Waals surface area contributed by atoms with E-state index in [-0.39, 0.29) is 25.2 Å². The van der Waals surface area contributed by atoms with Crippen molar-refractivity contribution < 1.29 is 24.2 Å². The molecule has 19 heavy (non-hydrogen) atoms. The number of unbranched alkanes of at least 4 members (excludes halogenated alkanes) is 3. The molecule has 0 aliphatic rings. The van der Waals surface area contributed by atoms with Gasteiger partial charge in [0.1, 0.15) is 19.3 Å². The molecule has 1 N–H and O–H groups in total. The highest BCUT2D eigenvalue weighted by atomic mass is 16.6. The van der Waals surface area contributed by atoms with E-state index in [9.17, 15) is 14.7 Å². The Balaban J connectivity index is 3.55. The Morgan fingerprint density at radius 1 is 0.895 bits per heavy atom. The van der Waals surface area contributed by atoms with Gasteiger partial charge in [0.15, 0.2) is 0 Å². The molecule has 112 valence electrons. The fraction of sp³-hybridized carbons (Fsp3) is 0.857. The Morgan fingerprint density at radius 2 is 1.37 bits per heavy atom. The van der Waals surface area contributed by atoms with E-state index < -0.39 is 6.10 Å². The average molecular weight is 274 g/mol. The van der Waals surface area contributed by atoms with Crippen LogP contribution in [0.5, 0.6) is 0 Å². The molecule has 0 aromatic carbocycles. The van der Waals surface area contributed by atoms with E-state index in [4.69, 9.17) is 9.47 Å². The predicted octanol–water partition coefficient (Wildman–Crippen LogP) is 2.20. The Morgan fingerprint density at radius 3 is 1.84 bits per heavy atom. The molecule has 5 heteroatoms. The van der Waals surface area contributed by atoms with Crippen LogP contribution in [-0.4, -0.2) is 36.4 Å². The van der Waals surface area contributed by atoms with E-state index in [1.165, 1.54) is 0 Å². The highest BCUT2D eigenvalue weighted by molar-refractivity contribution is 5.69. The Labute approximate surface area is 115 Å². The monoisotopic (exact) mass is 274 g/mol. The van der Waals surface area contributed by atoms with E-state index in [0.717, 1.165) is 32.1 Å². The number of carbonyl (C=O) groups excluding carboxylic acids is 2. The van der Waals surface area contributed by atoms with Gasteiger partial charge < -0.3 is 14.6 Å². The molecule has 0 heterocycles. The number of rotatable bonds is 11. The maximum absolute atomic E-state index is 11.3. The van der Waals surface area contributed by atoms with Crippen LogP contribution >= 0.6 is 0 Å².